The van der Waals surface area contributed by atoms with E-state index in [9.17, 15) is 5.11 Å². The molecule has 1 aliphatic rings. The summed E-state index contributed by atoms with van der Waals surface area (Å²) in [4.78, 5) is 6.83. The smallest absolute Gasteiger partial charge is 0.194 e. The van der Waals surface area contributed by atoms with E-state index < -0.39 is 6.10 Å². The molecule has 2 aromatic heterocycles. The van der Waals surface area contributed by atoms with E-state index in [2.05, 4.69) is 26.5 Å². The number of aliphatic hydroxyl groups excluding tert-OH is 1. The summed E-state index contributed by atoms with van der Waals surface area (Å²) in [5, 5.41) is 17.7. The second-order valence-electron chi connectivity index (χ2n) is 6.10. The molecule has 0 saturated carbocycles. The van der Waals surface area contributed by atoms with Crippen molar-refractivity contribution in [1.82, 2.24) is 20.0 Å². The fourth-order valence-electron chi connectivity index (χ4n) is 3.05. The first-order chi connectivity index (χ1) is 11.7. The number of aryl methyl sites for hydroxylation is 1. The molecule has 3 heterocycles. The molecule has 2 atom stereocenters. The summed E-state index contributed by atoms with van der Waals surface area (Å²) in [6.07, 6.45) is 5.95. The first kappa shape index (κ1) is 19.8. The Bertz CT molecular complexity index is 670. The number of halogens is 1. The molecule has 25 heavy (non-hydrogen) atoms. The summed E-state index contributed by atoms with van der Waals surface area (Å²) in [6, 6.07) is 3.54. The third kappa shape index (κ3) is 4.97. The van der Waals surface area contributed by atoms with Crippen molar-refractivity contribution in [2.75, 3.05) is 26.2 Å². The highest BCUT2D eigenvalue weighted by atomic mass is 127. The Morgan fingerprint density at radius 2 is 2.40 bits per heavy atom. The van der Waals surface area contributed by atoms with E-state index in [0.717, 1.165) is 32.0 Å². The zero-order valence-electron chi connectivity index (χ0n) is 14.6. The molecular weight excluding hydrogens is 433 g/mol. The molecule has 0 amide bonds. The molecule has 0 aliphatic carbocycles. The van der Waals surface area contributed by atoms with Gasteiger partial charge in [0.15, 0.2) is 5.96 Å². The van der Waals surface area contributed by atoms with E-state index in [1.807, 2.05) is 24.9 Å². The van der Waals surface area contributed by atoms with E-state index >= 15 is 0 Å². The molecule has 0 spiro atoms. The second-order valence-corrected chi connectivity index (χ2v) is 6.10. The van der Waals surface area contributed by atoms with Crippen LogP contribution in [0.4, 0.5) is 0 Å². The van der Waals surface area contributed by atoms with Gasteiger partial charge in [-0.05, 0) is 31.0 Å². The molecule has 0 aromatic carbocycles. The highest BCUT2D eigenvalue weighted by Gasteiger charge is 2.27. The summed E-state index contributed by atoms with van der Waals surface area (Å²) in [7, 11) is 1.94. The molecule has 0 bridgehead atoms. The predicted molar refractivity (Wildman–Crippen MR) is 107 cm³/mol. The summed E-state index contributed by atoms with van der Waals surface area (Å²) in [5.74, 6) is 1.86. The first-order valence-corrected chi connectivity index (χ1v) is 8.40. The highest BCUT2D eigenvalue weighted by Crippen LogP contribution is 2.26. The van der Waals surface area contributed by atoms with Crippen LogP contribution in [0.2, 0.25) is 0 Å². The molecular formula is C17H26IN5O2. The van der Waals surface area contributed by atoms with Crippen LogP contribution in [0.25, 0.3) is 0 Å². The number of guanidine groups is 1. The largest absolute Gasteiger partial charge is 0.467 e. The predicted octanol–water partition coefficient (Wildman–Crippen LogP) is 2.12. The normalized spacial score (nSPS) is 18.9. The van der Waals surface area contributed by atoms with Crippen LogP contribution in [0.5, 0.6) is 0 Å². The quantitative estimate of drug-likeness (QED) is 0.407. The highest BCUT2D eigenvalue weighted by molar-refractivity contribution is 14.0. The van der Waals surface area contributed by atoms with E-state index in [1.54, 1.807) is 18.4 Å². The molecule has 3 rings (SSSR count). The van der Waals surface area contributed by atoms with Gasteiger partial charge >= 0.3 is 0 Å². The number of aromatic nitrogens is 2. The minimum absolute atomic E-state index is 0. The van der Waals surface area contributed by atoms with Gasteiger partial charge in [0, 0.05) is 38.8 Å². The van der Waals surface area contributed by atoms with Crippen molar-refractivity contribution in [3.8, 4) is 0 Å². The number of furan rings is 1. The zero-order chi connectivity index (χ0) is 16.9. The summed E-state index contributed by atoms with van der Waals surface area (Å²) in [5.41, 5.74) is 1.27. The lowest BCUT2D eigenvalue weighted by molar-refractivity contribution is 0.158. The summed E-state index contributed by atoms with van der Waals surface area (Å²) < 4.78 is 7.07. The van der Waals surface area contributed by atoms with Crippen LogP contribution in [-0.4, -0.2) is 51.9 Å². The summed E-state index contributed by atoms with van der Waals surface area (Å²) >= 11 is 0. The third-order valence-corrected chi connectivity index (χ3v) is 4.30. The average molecular weight is 459 g/mol. The van der Waals surface area contributed by atoms with Crippen molar-refractivity contribution in [1.29, 1.82) is 0 Å². The lowest BCUT2D eigenvalue weighted by atomic mass is 10.0. The van der Waals surface area contributed by atoms with Gasteiger partial charge in [0.05, 0.1) is 19.0 Å². The molecule has 7 nitrogen and oxygen atoms in total. The van der Waals surface area contributed by atoms with Crippen molar-refractivity contribution in [3.63, 3.8) is 0 Å². The first-order valence-electron chi connectivity index (χ1n) is 8.40. The monoisotopic (exact) mass is 459 g/mol. The van der Waals surface area contributed by atoms with Crippen LogP contribution in [0.3, 0.4) is 0 Å². The topological polar surface area (TPSA) is 78.8 Å². The minimum Gasteiger partial charge on any atom is -0.467 e. The van der Waals surface area contributed by atoms with Gasteiger partial charge in [0.25, 0.3) is 0 Å². The van der Waals surface area contributed by atoms with Crippen LogP contribution < -0.4 is 5.32 Å². The van der Waals surface area contributed by atoms with Gasteiger partial charge in [-0.3, -0.25) is 4.68 Å². The standard InChI is InChI=1S/C17H25N5O2.HI/c1-3-18-17(19-10-15(23)16-5-4-8-24-16)22-7-6-13(12-22)14-9-20-21(2)11-14;/h4-5,8-9,11,13,15,23H,3,6-7,10,12H2,1-2H3,(H,18,19);1H. The molecule has 2 aromatic rings. The molecule has 1 saturated heterocycles. The van der Waals surface area contributed by atoms with Crippen molar-refractivity contribution in [3.05, 3.63) is 42.1 Å². The third-order valence-electron chi connectivity index (χ3n) is 4.30. The van der Waals surface area contributed by atoms with Crippen molar-refractivity contribution >= 4 is 29.9 Å². The molecule has 138 valence electrons. The maximum Gasteiger partial charge on any atom is 0.194 e. The Hall–Kier alpha value is -1.55. The average Bonchev–Trinajstić information content (AvgIpc) is 3.30. The number of hydrogen-bond acceptors (Lipinski definition) is 4. The van der Waals surface area contributed by atoms with Crippen molar-refractivity contribution < 1.29 is 9.52 Å². The molecule has 2 unspecified atom stereocenters. The Labute approximate surface area is 165 Å². The number of aliphatic imine (C=N–C) groups is 1. The second kappa shape index (κ2) is 9.23. The number of nitrogens with one attached hydrogen (secondary N) is 1. The van der Waals surface area contributed by atoms with Crippen LogP contribution >= 0.6 is 24.0 Å². The van der Waals surface area contributed by atoms with Crippen LogP contribution in [-0.2, 0) is 7.05 Å². The van der Waals surface area contributed by atoms with Crippen molar-refractivity contribution in [2.45, 2.75) is 25.4 Å². The Morgan fingerprint density at radius 3 is 3.04 bits per heavy atom. The minimum atomic E-state index is -0.717. The number of hydrogen-bond donors (Lipinski definition) is 2. The van der Waals surface area contributed by atoms with Gasteiger partial charge in [0.2, 0.25) is 0 Å². The van der Waals surface area contributed by atoms with Gasteiger partial charge in [0.1, 0.15) is 11.9 Å². The van der Waals surface area contributed by atoms with Crippen molar-refractivity contribution in [2.24, 2.45) is 12.0 Å². The zero-order valence-corrected chi connectivity index (χ0v) is 17.0. The number of nitrogens with zero attached hydrogens (tertiary/aromatic N) is 4. The Balaban J connectivity index is 0.00000225. The Morgan fingerprint density at radius 1 is 1.56 bits per heavy atom. The number of likely N-dealkylation sites (tertiary alicyclic amines) is 1. The van der Waals surface area contributed by atoms with E-state index in [1.165, 1.54) is 5.56 Å². The maximum absolute atomic E-state index is 10.1. The van der Waals surface area contributed by atoms with Crippen LogP contribution in [0.15, 0.2) is 40.2 Å². The molecule has 1 fully saturated rings. The van der Waals surface area contributed by atoms with Gasteiger partial charge in [-0.25, -0.2) is 4.99 Å². The van der Waals surface area contributed by atoms with Gasteiger partial charge < -0.3 is 19.7 Å². The SMILES string of the molecule is CCNC(=NCC(O)c1ccco1)N1CCC(c2cnn(C)c2)C1.I. The molecule has 8 heteroatoms. The lowest BCUT2D eigenvalue weighted by Crippen LogP contribution is -2.40. The van der Waals surface area contributed by atoms with E-state index in [4.69, 9.17) is 4.42 Å². The molecule has 0 radical (unpaired) electrons. The van der Waals surface area contributed by atoms with Gasteiger partial charge in [-0.15, -0.1) is 24.0 Å². The number of aliphatic hydroxyl groups is 1. The van der Waals surface area contributed by atoms with Gasteiger partial charge in [-0.2, -0.15) is 5.10 Å². The van der Waals surface area contributed by atoms with Crippen LogP contribution in [0.1, 0.15) is 36.7 Å². The van der Waals surface area contributed by atoms with E-state index in [-0.39, 0.29) is 30.5 Å². The maximum atomic E-state index is 10.1. The lowest BCUT2D eigenvalue weighted by Gasteiger charge is -2.22. The Kier molecular flexibility index (Phi) is 7.30. The fraction of sp³-hybridized carbons (Fsp3) is 0.529. The molecule has 2 N–H and O–H groups in total. The van der Waals surface area contributed by atoms with Crippen LogP contribution in [0, 0.1) is 0 Å². The fourth-order valence-corrected chi connectivity index (χ4v) is 3.05. The molecule has 1 aliphatic heterocycles. The van der Waals surface area contributed by atoms with E-state index in [0.29, 0.717) is 11.7 Å². The number of rotatable bonds is 5. The van der Waals surface area contributed by atoms with Gasteiger partial charge in [-0.1, -0.05) is 0 Å². The summed E-state index contributed by atoms with van der Waals surface area (Å²) in [6.45, 7) is 4.98.